The number of rotatable bonds is 3. The zero-order valence-corrected chi connectivity index (χ0v) is 9.77. The van der Waals surface area contributed by atoms with Crippen molar-refractivity contribution < 1.29 is 9.90 Å². The Bertz CT molecular complexity index is 292. The van der Waals surface area contributed by atoms with Crippen molar-refractivity contribution in [3.63, 3.8) is 0 Å². The molecule has 0 amide bonds. The van der Waals surface area contributed by atoms with Crippen LogP contribution in [0.25, 0.3) is 0 Å². The Kier molecular flexibility index (Phi) is 2.66. The predicted octanol–water partition coefficient (Wildman–Crippen LogP) is 1.97. The highest BCUT2D eigenvalue weighted by molar-refractivity contribution is 5.67. The molecular formula is C13H21NO2. The van der Waals surface area contributed by atoms with Crippen LogP contribution in [0.3, 0.4) is 0 Å². The molecule has 1 saturated heterocycles. The van der Waals surface area contributed by atoms with Gasteiger partial charge in [0.2, 0.25) is 0 Å². The fourth-order valence-electron chi connectivity index (χ4n) is 4.24. The van der Waals surface area contributed by atoms with Gasteiger partial charge in [0, 0.05) is 19.0 Å². The number of fused-ring (bicyclic) bond motifs is 2. The maximum atomic E-state index is 10.7. The van der Waals surface area contributed by atoms with E-state index < -0.39 is 5.97 Å². The summed E-state index contributed by atoms with van der Waals surface area (Å²) in [6, 6.07) is 0.803. The molecule has 0 aromatic heterocycles. The number of likely N-dealkylation sites (tertiary alicyclic amines) is 1. The summed E-state index contributed by atoms with van der Waals surface area (Å²) in [6.07, 6.45) is 7.19. The predicted molar refractivity (Wildman–Crippen MR) is 61.2 cm³/mol. The van der Waals surface area contributed by atoms with Crippen molar-refractivity contribution in [2.45, 2.75) is 44.6 Å². The molecule has 2 saturated carbocycles. The number of carboxylic acid groups (broad SMARTS) is 1. The molecule has 0 radical (unpaired) electrons. The van der Waals surface area contributed by atoms with E-state index in [0.29, 0.717) is 12.3 Å². The number of hydrogen-bond donors (Lipinski definition) is 1. The van der Waals surface area contributed by atoms with Crippen LogP contribution in [-0.2, 0) is 4.79 Å². The van der Waals surface area contributed by atoms with Gasteiger partial charge in [-0.25, -0.2) is 0 Å². The van der Waals surface area contributed by atoms with Crippen LogP contribution in [0, 0.1) is 17.8 Å². The fourth-order valence-corrected chi connectivity index (χ4v) is 4.24. The van der Waals surface area contributed by atoms with Crippen molar-refractivity contribution in [2.24, 2.45) is 17.8 Å². The zero-order chi connectivity index (χ0) is 11.1. The Morgan fingerprint density at radius 2 is 2.12 bits per heavy atom. The van der Waals surface area contributed by atoms with Gasteiger partial charge >= 0.3 is 5.97 Å². The highest BCUT2D eigenvalue weighted by atomic mass is 16.4. The van der Waals surface area contributed by atoms with Gasteiger partial charge in [0.05, 0.1) is 0 Å². The number of hydrogen-bond acceptors (Lipinski definition) is 2. The van der Waals surface area contributed by atoms with Crippen LogP contribution in [0.15, 0.2) is 0 Å². The number of nitrogens with zero attached hydrogens (tertiary/aromatic N) is 1. The van der Waals surface area contributed by atoms with Gasteiger partial charge in [-0.15, -0.1) is 0 Å². The molecule has 4 atom stereocenters. The fraction of sp³-hybridized carbons (Fsp3) is 0.923. The summed E-state index contributed by atoms with van der Waals surface area (Å²) >= 11 is 0. The molecule has 3 nitrogen and oxygen atoms in total. The van der Waals surface area contributed by atoms with Crippen LogP contribution < -0.4 is 0 Å². The van der Waals surface area contributed by atoms with Crippen LogP contribution in [0.1, 0.15) is 38.5 Å². The third-order valence-electron chi connectivity index (χ3n) is 4.95. The van der Waals surface area contributed by atoms with Gasteiger partial charge in [-0.05, 0) is 50.0 Å². The molecule has 0 aromatic carbocycles. The zero-order valence-electron chi connectivity index (χ0n) is 9.77. The van der Waals surface area contributed by atoms with E-state index in [1.165, 1.54) is 25.7 Å². The third-order valence-corrected chi connectivity index (χ3v) is 4.95. The molecule has 4 unspecified atom stereocenters. The summed E-state index contributed by atoms with van der Waals surface area (Å²) < 4.78 is 0. The standard InChI is InChI=1S/C13H21NO2/c15-13(16)7-10-3-4-14(8-10)12-6-9-1-2-11(12)5-9/h9-12H,1-8H2,(H,15,16). The minimum atomic E-state index is -0.625. The Hall–Kier alpha value is -0.570. The van der Waals surface area contributed by atoms with E-state index in [-0.39, 0.29) is 0 Å². The number of carbonyl (C=O) groups is 1. The molecule has 0 aromatic rings. The molecule has 2 aliphatic carbocycles. The van der Waals surface area contributed by atoms with Crippen molar-refractivity contribution in [2.75, 3.05) is 13.1 Å². The van der Waals surface area contributed by atoms with Gasteiger partial charge in [0.1, 0.15) is 0 Å². The number of aliphatic carboxylic acids is 1. The highest BCUT2D eigenvalue weighted by Crippen LogP contribution is 2.47. The Morgan fingerprint density at radius 3 is 2.75 bits per heavy atom. The van der Waals surface area contributed by atoms with Crippen molar-refractivity contribution in [3.8, 4) is 0 Å². The average Bonchev–Trinajstić information content (AvgIpc) is 2.89. The van der Waals surface area contributed by atoms with Crippen LogP contribution in [0.5, 0.6) is 0 Å². The van der Waals surface area contributed by atoms with Crippen LogP contribution in [0.2, 0.25) is 0 Å². The normalized spacial score (nSPS) is 43.0. The van der Waals surface area contributed by atoms with E-state index in [1.54, 1.807) is 0 Å². The minimum absolute atomic E-state index is 0.372. The van der Waals surface area contributed by atoms with Crippen molar-refractivity contribution in [3.05, 3.63) is 0 Å². The van der Waals surface area contributed by atoms with E-state index in [9.17, 15) is 4.79 Å². The molecule has 90 valence electrons. The molecule has 1 heterocycles. The molecule has 3 rings (SSSR count). The van der Waals surface area contributed by atoms with E-state index in [0.717, 1.165) is 37.4 Å². The third kappa shape index (κ3) is 1.86. The lowest BCUT2D eigenvalue weighted by atomic mass is 9.94. The first-order chi connectivity index (χ1) is 7.72. The summed E-state index contributed by atoms with van der Waals surface area (Å²) in [5, 5.41) is 8.81. The maximum absolute atomic E-state index is 10.7. The molecule has 1 N–H and O–H groups in total. The van der Waals surface area contributed by atoms with E-state index in [2.05, 4.69) is 4.90 Å². The van der Waals surface area contributed by atoms with Crippen LogP contribution >= 0.6 is 0 Å². The largest absolute Gasteiger partial charge is 0.481 e. The Morgan fingerprint density at radius 1 is 1.25 bits per heavy atom. The second-order valence-electron chi connectivity index (χ2n) is 5.99. The monoisotopic (exact) mass is 223 g/mol. The second-order valence-corrected chi connectivity index (χ2v) is 5.99. The lowest BCUT2D eigenvalue weighted by Crippen LogP contribution is -2.37. The average molecular weight is 223 g/mol. The second kappa shape index (κ2) is 4.02. The van der Waals surface area contributed by atoms with E-state index in [4.69, 9.17) is 5.11 Å². The molecule has 3 aliphatic rings. The molecule has 1 aliphatic heterocycles. The molecule has 2 bridgehead atoms. The molecular weight excluding hydrogens is 202 g/mol. The first kappa shape index (κ1) is 10.6. The summed E-state index contributed by atoms with van der Waals surface area (Å²) in [4.78, 5) is 13.3. The smallest absolute Gasteiger partial charge is 0.303 e. The van der Waals surface area contributed by atoms with Gasteiger partial charge in [-0.3, -0.25) is 9.69 Å². The molecule has 3 fully saturated rings. The van der Waals surface area contributed by atoms with Gasteiger partial charge in [-0.2, -0.15) is 0 Å². The summed E-state index contributed by atoms with van der Waals surface area (Å²) in [7, 11) is 0. The van der Waals surface area contributed by atoms with Crippen molar-refractivity contribution in [1.82, 2.24) is 4.90 Å². The van der Waals surface area contributed by atoms with Crippen LogP contribution in [0.4, 0.5) is 0 Å². The summed E-state index contributed by atoms with van der Waals surface area (Å²) in [5.41, 5.74) is 0. The van der Waals surface area contributed by atoms with Gasteiger partial charge < -0.3 is 5.11 Å². The van der Waals surface area contributed by atoms with E-state index in [1.807, 2.05) is 0 Å². The van der Waals surface area contributed by atoms with Gasteiger partial charge in [0.15, 0.2) is 0 Å². The molecule has 0 spiro atoms. The molecule has 16 heavy (non-hydrogen) atoms. The van der Waals surface area contributed by atoms with E-state index >= 15 is 0 Å². The lowest BCUT2D eigenvalue weighted by Gasteiger charge is -2.31. The minimum Gasteiger partial charge on any atom is -0.481 e. The van der Waals surface area contributed by atoms with Crippen LogP contribution in [-0.4, -0.2) is 35.1 Å². The maximum Gasteiger partial charge on any atom is 0.303 e. The first-order valence-corrected chi connectivity index (χ1v) is 6.68. The quantitative estimate of drug-likeness (QED) is 0.795. The van der Waals surface area contributed by atoms with Gasteiger partial charge in [-0.1, -0.05) is 6.42 Å². The SMILES string of the molecule is O=C(O)CC1CCN(C2CC3CCC2C3)C1. The van der Waals surface area contributed by atoms with Crippen molar-refractivity contribution >= 4 is 5.97 Å². The Labute approximate surface area is 96.8 Å². The highest BCUT2D eigenvalue weighted by Gasteiger charge is 2.43. The lowest BCUT2D eigenvalue weighted by molar-refractivity contribution is -0.138. The summed E-state index contributed by atoms with van der Waals surface area (Å²) in [5.74, 6) is 1.72. The topological polar surface area (TPSA) is 40.5 Å². The molecule has 3 heteroatoms. The number of carboxylic acids is 1. The summed E-state index contributed by atoms with van der Waals surface area (Å²) in [6.45, 7) is 2.19. The first-order valence-electron chi connectivity index (χ1n) is 6.68. The van der Waals surface area contributed by atoms with Gasteiger partial charge in [0.25, 0.3) is 0 Å². The Balaban J connectivity index is 1.56. The van der Waals surface area contributed by atoms with Crippen molar-refractivity contribution in [1.29, 1.82) is 0 Å².